The first-order valence-corrected chi connectivity index (χ1v) is 18.8. The second-order valence-electron chi connectivity index (χ2n) is 13.1. The van der Waals surface area contributed by atoms with Crippen LogP contribution in [0.2, 0.25) is 0 Å². The lowest BCUT2D eigenvalue weighted by Crippen LogP contribution is -2.39. The summed E-state index contributed by atoms with van der Waals surface area (Å²) in [5.74, 6) is -2.30. The Morgan fingerprint density at radius 1 is 0.395 bits per heavy atom. The molecule has 252 valence electrons. The summed E-state index contributed by atoms with van der Waals surface area (Å²) in [7, 11) is 0. The van der Waals surface area contributed by atoms with Crippen molar-refractivity contribution in [3.05, 3.63) is 24.3 Å². The van der Waals surface area contributed by atoms with E-state index in [4.69, 9.17) is 0 Å². The molecule has 0 aliphatic rings. The van der Waals surface area contributed by atoms with E-state index in [-0.39, 0.29) is 12.8 Å². The lowest BCUT2D eigenvalue weighted by atomic mass is 9.78. The van der Waals surface area contributed by atoms with Crippen LogP contribution in [0, 0.1) is 5.41 Å². The summed E-state index contributed by atoms with van der Waals surface area (Å²) in [6.07, 6.45) is 43.2. The molecule has 2 N–H and O–H groups in total. The van der Waals surface area contributed by atoms with Gasteiger partial charge in [0.25, 0.3) is 0 Å². The van der Waals surface area contributed by atoms with Crippen molar-refractivity contribution in [3.63, 3.8) is 0 Å². The SMILES string of the molecule is CCCCCCCCC=CCCCCCCCCC(CCCCCCCCC=CCCCCCCCC)(C(=O)O)C(=O)O. The van der Waals surface area contributed by atoms with E-state index >= 15 is 0 Å². The fourth-order valence-corrected chi connectivity index (χ4v) is 5.99. The number of carbonyl (C=O) groups is 2. The van der Waals surface area contributed by atoms with Crippen molar-refractivity contribution in [3.8, 4) is 0 Å². The second kappa shape index (κ2) is 31.8. The van der Waals surface area contributed by atoms with E-state index in [0.29, 0.717) is 12.8 Å². The van der Waals surface area contributed by atoms with Crippen molar-refractivity contribution < 1.29 is 19.8 Å². The van der Waals surface area contributed by atoms with Crippen molar-refractivity contribution in [2.24, 2.45) is 5.41 Å². The molecule has 0 aromatic carbocycles. The number of aliphatic carboxylic acids is 2. The lowest BCUT2D eigenvalue weighted by molar-refractivity contribution is -0.166. The standard InChI is InChI=1S/C39H72O4/c1-3-5-7-9-11-13-15-17-19-21-23-25-27-29-31-33-35-39(37(40)41,38(42)43)36-34-32-30-28-26-24-22-20-18-16-14-12-10-8-6-4-2/h17-20H,3-16,21-36H2,1-2H3,(H,40,41)(H,42,43). The monoisotopic (exact) mass is 605 g/mol. The largest absolute Gasteiger partial charge is 0.480 e. The zero-order chi connectivity index (χ0) is 31.7. The van der Waals surface area contributed by atoms with Crippen LogP contribution in [-0.4, -0.2) is 22.2 Å². The summed E-state index contributed by atoms with van der Waals surface area (Å²) in [6, 6.07) is 0. The van der Waals surface area contributed by atoms with Gasteiger partial charge in [0.15, 0.2) is 5.41 Å². The van der Waals surface area contributed by atoms with Crippen molar-refractivity contribution in [2.75, 3.05) is 0 Å². The first kappa shape index (κ1) is 41.4. The molecule has 0 spiro atoms. The summed E-state index contributed by atoms with van der Waals surface area (Å²) < 4.78 is 0. The fourth-order valence-electron chi connectivity index (χ4n) is 5.99. The molecule has 0 saturated carbocycles. The number of hydrogen-bond acceptors (Lipinski definition) is 2. The Labute approximate surface area is 267 Å². The van der Waals surface area contributed by atoms with Gasteiger partial charge in [-0.2, -0.15) is 0 Å². The Hall–Kier alpha value is -1.58. The molecular formula is C39H72O4. The predicted molar refractivity (Wildman–Crippen MR) is 186 cm³/mol. The molecule has 0 fully saturated rings. The summed E-state index contributed by atoms with van der Waals surface area (Å²) >= 11 is 0. The van der Waals surface area contributed by atoms with E-state index in [1.807, 2.05) is 0 Å². The van der Waals surface area contributed by atoms with Gasteiger partial charge in [-0.25, -0.2) is 0 Å². The van der Waals surface area contributed by atoms with Gasteiger partial charge in [0.2, 0.25) is 0 Å². The molecule has 0 atom stereocenters. The van der Waals surface area contributed by atoms with Gasteiger partial charge >= 0.3 is 11.9 Å². The van der Waals surface area contributed by atoms with Crippen LogP contribution in [0.25, 0.3) is 0 Å². The molecule has 0 radical (unpaired) electrons. The van der Waals surface area contributed by atoms with E-state index in [1.54, 1.807) is 0 Å². The van der Waals surface area contributed by atoms with Crippen LogP contribution >= 0.6 is 0 Å². The third kappa shape index (κ3) is 25.4. The quantitative estimate of drug-likeness (QED) is 0.0435. The van der Waals surface area contributed by atoms with Crippen molar-refractivity contribution >= 4 is 11.9 Å². The maximum Gasteiger partial charge on any atom is 0.321 e. The highest BCUT2D eigenvalue weighted by Crippen LogP contribution is 2.33. The molecule has 0 aliphatic carbocycles. The van der Waals surface area contributed by atoms with Gasteiger partial charge in [-0.15, -0.1) is 0 Å². The maximum absolute atomic E-state index is 12.1. The average molecular weight is 605 g/mol. The molecule has 0 amide bonds. The Kier molecular flexibility index (Phi) is 30.7. The van der Waals surface area contributed by atoms with Gasteiger partial charge in [0.1, 0.15) is 0 Å². The summed E-state index contributed by atoms with van der Waals surface area (Å²) in [5, 5.41) is 19.7. The molecule has 4 nitrogen and oxygen atoms in total. The van der Waals surface area contributed by atoms with Gasteiger partial charge in [-0.05, 0) is 64.2 Å². The third-order valence-corrected chi connectivity index (χ3v) is 9.05. The molecular weight excluding hydrogens is 532 g/mol. The van der Waals surface area contributed by atoms with Gasteiger partial charge in [0, 0.05) is 0 Å². The molecule has 0 aliphatic heterocycles. The van der Waals surface area contributed by atoms with Crippen molar-refractivity contribution in [1.29, 1.82) is 0 Å². The number of hydrogen-bond donors (Lipinski definition) is 2. The summed E-state index contributed by atoms with van der Waals surface area (Å²) in [6.45, 7) is 4.52. The minimum atomic E-state index is -1.61. The molecule has 0 bridgehead atoms. The molecule has 0 aromatic rings. The first-order chi connectivity index (χ1) is 21.0. The number of rotatable bonds is 34. The van der Waals surface area contributed by atoms with E-state index < -0.39 is 17.4 Å². The van der Waals surface area contributed by atoms with Crippen LogP contribution in [0.4, 0.5) is 0 Å². The van der Waals surface area contributed by atoms with E-state index in [0.717, 1.165) is 51.4 Å². The Morgan fingerprint density at radius 2 is 0.628 bits per heavy atom. The van der Waals surface area contributed by atoms with Crippen LogP contribution < -0.4 is 0 Å². The first-order valence-electron chi connectivity index (χ1n) is 18.8. The number of carboxylic acid groups (broad SMARTS) is 2. The minimum absolute atomic E-state index is 0.254. The molecule has 0 aromatic heterocycles. The van der Waals surface area contributed by atoms with E-state index in [2.05, 4.69) is 38.2 Å². The minimum Gasteiger partial charge on any atom is -0.480 e. The maximum atomic E-state index is 12.1. The average Bonchev–Trinajstić information content (AvgIpc) is 2.99. The highest BCUT2D eigenvalue weighted by Gasteiger charge is 2.45. The van der Waals surface area contributed by atoms with Gasteiger partial charge in [0.05, 0.1) is 0 Å². The Balaban J connectivity index is 3.87. The third-order valence-electron chi connectivity index (χ3n) is 9.05. The second-order valence-corrected chi connectivity index (χ2v) is 13.1. The van der Waals surface area contributed by atoms with Crippen LogP contribution in [-0.2, 0) is 9.59 Å². The normalized spacial score (nSPS) is 12.1. The zero-order valence-electron chi connectivity index (χ0n) is 28.7. The molecule has 4 heteroatoms. The Bertz CT molecular complexity index is 623. The van der Waals surface area contributed by atoms with E-state index in [1.165, 1.54) is 116 Å². The predicted octanol–water partition coefficient (Wildman–Crippen LogP) is 13.0. The molecule has 0 unspecified atom stereocenters. The van der Waals surface area contributed by atoms with E-state index in [9.17, 15) is 19.8 Å². The van der Waals surface area contributed by atoms with Gasteiger partial charge < -0.3 is 10.2 Å². The fraction of sp³-hybridized carbons (Fsp3) is 0.846. The zero-order valence-corrected chi connectivity index (χ0v) is 28.7. The molecule has 0 rings (SSSR count). The number of allylic oxidation sites excluding steroid dienone is 4. The topological polar surface area (TPSA) is 74.6 Å². The van der Waals surface area contributed by atoms with Crippen LogP contribution in [0.1, 0.15) is 206 Å². The van der Waals surface area contributed by atoms with Crippen molar-refractivity contribution in [2.45, 2.75) is 206 Å². The summed E-state index contributed by atoms with van der Waals surface area (Å²) in [5.41, 5.74) is -1.61. The summed E-state index contributed by atoms with van der Waals surface area (Å²) in [4.78, 5) is 24.1. The Morgan fingerprint density at radius 3 is 0.884 bits per heavy atom. The van der Waals surface area contributed by atoms with Gasteiger partial charge in [-0.1, -0.05) is 167 Å². The van der Waals surface area contributed by atoms with Crippen LogP contribution in [0.3, 0.4) is 0 Å². The molecule has 0 saturated heterocycles. The van der Waals surface area contributed by atoms with Crippen LogP contribution in [0.15, 0.2) is 24.3 Å². The number of carboxylic acids is 2. The van der Waals surface area contributed by atoms with Crippen LogP contribution in [0.5, 0.6) is 0 Å². The van der Waals surface area contributed by atoms with Gasteiger partial charge in [-0.3, -0.25) is 9.59 Å². The lowest BCUT2D eigenvalue weighted by Gasteiger charge is -2.25. The smallest absolute Gasteiger partial charge is 0.321 e. The van der Waals surface area contributed by atoms with Crippen molar-refractivity contribution in [1.82, 2.24) is 0 Å². The highest BCUT2D eigenvalue weighted by atomic mass is 16.4. The molecule has 43 heavy (non-hydrogen) atoms. The molecule has 0 heterocycles. The number of unbranched alkanes of at least 4 members (excludes halogenated alkanes) is 24. The highest BCUT2D eigenvalue weighted by molar-refractivity contribution is 5.98.